The fourth-order valence-electron chi connectivity index (χ4n) is 5.67. The highest BCUT2D eigenvalue weighted by Crippen LogP contribution is 2.42. The van der Waals surface area contributed by atoms with Crippen molar-refractivity contribution in [3.63, 3.8) is 0 Å². The van der Waals surface area contributed by atoms with E-state index in [1.165, 1.54) is 7.11 Å². The first kappa shape index (κ1) is 28.2. The highest BCUT2D eigenvalue weighted by molar-refractivity contribution is 5.91. The Bertz CT molecular complexity index is 1570. The topological polar surface area (TPSA) is 65.1 Å². The van der Waals surface area contributed by atoms with Gasteiger partial charge in [0.15, 0.2) is 0 Å². The van der Waals surface area contributed by atoms with E-state index in [0.29, 0.717) is 25.1 Å². The lowest BCUT2D eigenvalue weighted by Gasteiger charge is -2.36. The summed E-state index contributed by atoms with van der Waals surface area (Å²) in [4.78, 5) is 27.8. The molecule has 0 fully saturated rings. The zero-order chi connectivity index (χ0) is 29.1. The van der Waals surface area contributed by atoms with Gasteiger partial charge in [-0.05, 0) is 73.7 Å². The predicted octanol–water partition coefficient (Wildman–Crippen LogP) is 7.66. The lowest BCUT2D eigenvalue weighted by molar-refractivity contribution is 0.0128. The quantitative estimate of drug-likeness (QED) is 0.230. The third kappa shape index (κ3) is 6.22. The zero-order valence-corrected chi connectivity index (χ0v) is 24.3. The number of fused-ring (bicyclic) bond motifs is 2. The molecule has 4 aromatic rings. The summed E-state index contributed by atoms with van der Waals surface area (Å²) < 4.78 is 17.4. The molecule has 1 aliphatic heterocycles. The molecular formula is C35H37NO5. The third-order valence-corrected chi connectivity index (χ3v) is 7.56. The Morgan fingerprint density at radius 3 is 2.37 bits per heavy atom. The predicted molar refractivity (Wildman–Crippen MR) is 160 cm³/mol. The number of amides is 1. The fourth-order valence-corrected chi connectivity index (χ4v) is 5.67. The molecule has 41 heavy (non-hydrogen) atoms. The number of para-hydroxylation sites is 1. The standard InChI is InChI=1S/C35H37NO5/c1-23-27(17-11-18-28(23)33(37)39-5)31-20-26(40-32-19-9-8-16-30(31)32)22-36(34(38)41-35(2,3)4)21-25-14-10-13-24-12-6-7-15-29(24)25/h6-19,26,31H,20-22H2,1-5H3. The van der Waals surface area contributed by atoms with Crippen LogP contribution >= 0.6 is 0 Å². The maximum Gasteiger partial charge on any atom is 0.410 e. The number of hydrogen-bond donors (Lipinski definition) is 0. The molecule has 2 atom stereocenters. The van der Waals surface area contributed by atoms with Crippen molar-refractivity contribution in [2.75, 3.05) is 13.7 Å². The molecule has 0 aliphatic carbocycles. The van der Waals surface area contributed by atoms with Gasteiger partial charge < -0.3 is 19.1 Å². The van der Waals surface area contributed by atoms with Crippen LogP contribution in [0.2, 0.25) is 0 Å². The highest BCUT2D eigenvalue weighted by atomic mass is 16.6. The summed E-state index contributed by atoms with van der Waals surface area (Å²) in [5.41, 5.74) is 3.96. The Morgan fingerprint density at radius 2 is 1.59 bits per heavy atom. The SMILES string of the molecule is COC(=O)c1cccc(C2CC(CN(Cc3cccc4ccccc34)C(=O)OC(C)(C)C)Oc3ccccc32)c1C. The molecule has 5 rings (SSSR count). The van der Waals surface area contributed by atoms with Crippen molar-refractivity contribution < 1.29 is 23.8 Å². The van der Waals surface area contributed by atoms with Crippen LogP contribution in [-0.4, -0.2) is 42.3 Å². The van der Waals surface area contributed by atoms with Crippen molar-refractivity contribution in [1.29, 1.82) is 0 Å². The molecule has 2 unspecified atom stereocenters. The van der Waals surface area contributed by atoms with Crippen LogP contribution in [0.4, 0.5) is 4.79 Å². The van der Waals surface area contributed by atoms with Gasteiger partial charge in [-0.25, -0.2) is 9.59 Å². The van der Waals surface area contributed by atoms with E-state index < -0.39 is 5.60 Å². The van der Waals surface area contributed by atoms with Crippen molar-refractivity contribution in [2.24, 2.45) is 0 Å². The molecule has 6 nitrogen and oxygen atoms in total. The molecule has 0 saturated carbocycles. The van der Waals surface area contributed by atoms with Gasteiger partial charge in [-0.15, -0.1) is 0 Å². The van der Waals surface area contributed by atoms with E-state index in [4.69, 9.17) is 14.2 Å². The van der Waals surface area contributed by atoms with Gasteiger partial charge >= 0.3 is 12.1 Å². The largest absolute Gasteiger partial charge is 0.488 e. The fraction of sp³-hybridized carbons (Fsp3) is 0.314. The first-order chi connectivity index (χ1) is 19.6. The maximum absolute atomic E-state index is 13.6. The first-order valence-electron chi connectivity index (χ1n) is 14.0. The number of hydrogen-bond acceptors (Lipinski definition) is 5. The highest BCUT2D eigenvalue weighted by Gasteiger charge is 2.34. The van der Waals surface area contributed by atoms with Crippen molar-refractivity contribution in [3.05, 3.63) is 113 Å². The van der Waals surface area contributed by atoms with Crippen LogP contribution < -0.4 is 4.74 Å². The number of benzene rings is 4. The lowest BCUT2D eigenvalue weighted by Crippen LogP contribution is -2.43. The number of carbonyl (C=O) groups is 2. The number of carbonyl (C=O) groups excluding carboxylic acids is 2. The van der Waals surface area contributed by atoms with Crippen LogP contribution in [0.3, 0.4) is 0 Å². The number of nitrogens with zero attached hydrogens (tertiary/aromatic N) is 1. The van der Waals surface area contributed by atoms with Crippen molar-refractivity contribution in [2.45, 2.75) is 58.3 Å². The van der Waals surface area contributed by atoms with Gasteiger partial charge in [0.2, 0.25) is 0 Å². The first-order valence-corrected chi connectivity index (χ1v) is 14.0. The third-order valence-electron chi connectivity index (χ3n) is 7.56. The van der Waals surface area contributed by atoms with E-state index in [0.717, 1.165) is 38.8 Å². The summed E-state index contributed by atoms with van der Waals surface area (Å²) in [5, 5.41) is 2.23. The molecular weight excluding hydrogens is 514 g/mol. The van der Waals surface area contributed by atoms with Crippen molar-refractivity contribution in [3.8, 4) is 5.75 Å². The van der Waals surface area contributed by atoms with Gasteiger partial charge in [-0.3, -0.25) is 0 Å². The van der Waals surface area contributed by atoms with Crippen molar-refractivity contribution >= 4 is 22.8 Å². The number of esters is 1. The number of ether oxygens (including phenoxy) is 3. The van der Waals surface area contributed by atoms with E-state index in [1.54, 1.807) is 11.0 Å². The molecule has 0 saturated heterocycles. The van der Waals surface area contributed by atoms with E-state index in [2.05, 4.69) is 36.4 Å². The van der Waals surface area contributed by atoms with Crippen LogP contribution in [-0.2, 0) is 16.0 Å². The average Bonchev–Trinajstić information content (AvgIpc) is 2.95. The number of rotatable bonds is 6. The number of methoxy groups -OCH3 is 1. The summed E-state index contributed by atoms with van der Waals surface area (Å²) in [6, 6.07) is 28.1. The minimum Gasteiger partial charge on any atom is -0.488 e. The van der Waals surface area contributed by atoms with Gasteiger partial charge in [0.25, 0.3) is 0 Å². The Hall–Kier alpha value is -4.32. The van der Waals surface area contributed by atoms with Crippen LogP contribution in [0.5, 0.6) is 5.75 Å². The Kier molecular flexibility index (Phi) is 8.02. The van der Waals surface area contributed by atoms with Gasteiger partial charge in [0, 0.05) is 18.0 Å². The molecule has 1 aliphatic rings. The minimum atomic E-state index is -0.637. The second-order valence-corrected chi connectivity index (χ2v) is 11.6. The molecule has 0 radical (unpaired) electrons. The molecule has 0 bridgehead atoms. The minimum absolute atomic E-state index is 0.0207. The second kappa shape index (κ2) is 11.7. The molecule has 6 heteroatoms. The summed E-state index contributed by atoms with van der Waals surface area (Å²) >= 11 is 0. The lowest BCUT2D eigenvalue weighted by atomic mass is 9.81. The van der Waals surface area contributed by atoms with Gasteiger partial charge in [0.05, 0.1) is 19.2 Å². The van der Waals surface area contributed by atoms with Crippen LogP contribution in [0.15, 0.2) is 84.9 Å². The summed E-state index contributed by atoms with van der Waals surface area (Å²) in [6.07, 6.45) is -0.0380. The van der Waals surface area contributed by atoms with Crippen LogP contribution in [0, 0.1) is 6.92 Å². The Morgan fingerprint density at radius 1 is 0.902 bits per heavy atom. The van der Waals surface area contributed by atoms with Gasteiger partial charge in [-0.1, -0.05) is 72.8 Å². The summed E-state index contributed by atoms with van der Waals surface area (Å²) in [6.45, 7) is 8.32. The molecule has 1 amide bonds. The van der Waals surface area contributed by atoms with E-state index >= 15 is 0 Å². The Labute approximate surface area is 241 Å². The smallest absolute Gasteiger partial charge is 0.410 e. The van der Waals surface area contributed by atoms with E-state index in [1.807, 2.05) is 70.2 Å². The summed E-state index contributed by atoms with van der Waals surface area (Å²) in [7, 11) is 1.40. The molecule has 212 valence electrons. The summed E-state index contributed by atoms with van der Waals surface area (Å²) in [5.74, 6) is 0.408. The molecule has 4 aromatic carbocycles. The average molecular weight is 552 g/mol. The molecule has 0 N–H and O–H groups in total. The van der Waals surface area contributed by atoms with Gasteiger partial charge in [-0.2, -0.15) is 0 Å². The van der Waals surface area contributed by atoms with Crippen LogP contribution in [0.25, 0.3) is 10.8 Å². The Balaban J connectivity index is 1.49. The molecule has 0 spiro atoms. The second-order valence-electron chi connectivity index (χ2n) is 11.6. The molecule has 0 aromatic heterocycles. The zero-order valence-electron chi connectivity index (χ0n) is 24.3. The normalized spacial score (nSPS) is 16.4. The molecule has 1 heterocycles. The van der Waals surface area contributed by atoms with E-state index in [9.17, 15) is 9.59 Å². The maximum atomic E-state index is 13.6. The monoisotopic (exact) mass is 551 g/mol. The van der Waals surface area contributed by atoms with E-state index in [-0.39, 0.29) is 24.1 Å². The van der Waals surface area contributed by atoms with Crippen molar-refractivity contribution in [1.82, 2.24) is 4.90 Å². The van der Waals surface area contributed by atoms with Crippen LogP contribution in [0.1, 0.15) is 65.7 Å². The van der Waals surface area contributed by atoms with Gasteiger partial charge in [0.1, 0.15) is 17.5 Å².